The Hall–Kier alpha value is -2.04. The third-order valence-corrected chi connectivity index (χ3v) is 5.63. The topological polar surface area (TPSA) is 98.8 Å². The van der Waals surface area contributed by atoms with Gasteiger partial charge in [0.05, 0.1) is 0 Å². The van der Waals surface area contributed by atoms with Crippen LogP contribution in [0.15, 0.2) is 18.2 Å². The summed E-state index contributed by atoms with van der Waals surface area (Å²) in [6.07, 6.45) is -3.72. The molecule has 9 heteroatoms. The molecule has 32 heavy (non-hydrogen) atoms. The van der Waals surface area contributed by atoms with Crippen molar-refractivity contribution in [2.24, 2.45) is 0 Å². The average molecular weight is 450 g/mol. The zero-order valence-electron chi connectivity index (χ0n) is 19.2. The fourth-order valence-electron chi connectivity index (χ4n) is 4.26. The average Bonchev–Trinajstić information content (AvgIpc) is 3.19. The van der Waals surface area contributed by atoms with Gasteiger partial charge in [-0.25, -0.2) is 4.79 Å². The molecule has 3 saturated heterocycles. The molecule has 3 fully saturated rings. The van der Waals surface area contributed by atoms with Gasteiger partial charge < -0.3 is 33.2 Å². The third kappa shape index (κ3) is 4.82. The maximum Gasteiger partial charge on any atom is 0.508 e. The van der Waals surface area contributed by atoms with Crippen LogP contribution >= 0.6 is 0 Å². The van der Waals surface area contributed by atoms with E-state index in [-0.39, 0.29) is 12.4 Å². The fraction of sp³-hybridized carbons (Fsp3) is 0.652. The minimum absolute atomic E-state index is 0.149. The van der Waals surface area contributed by atoms with E-state index in [2.05, 4.69) is 0 Å². The minimum Gasteiger partial charge on any atom is -0.431 e. The predicted octanol–water partition coefficient (Wildman–Crippen LogP) is 3.04. The molecule has 4 rings (SSSR count). The summed E-state index contributed by atoms with van der Waals surface area (Å²) < 4.78 is 40.0. The monoisotopic (exact) mass is 450 g/mol. The Kier molecular flexibility index (Phi) is 6.06. The molecule has 0 bridgehead atoms. The van der Waals surface area contributed by atoms with Crippen molar-refractivity contribution in [1.82, 2.24) is 0 Å². The molecule has 176 valence electrons. The summed E-state index contributed by atoms with van der Waals surface area (Å²) in [4.78, 5) is 24.6. The van der Waals surface area contributed by atoms with Crippen LogP contribution in [0, 0.1) is 13.8 Å². The van der Waals surface area contributed by atoms with Crippen molar-refractivity contribution in [1.29, 1.82) is 0 Å². The molecular formula is C23H30O9. The molecule has 0 spiro atoms. The van der Waals surface area contributed by atoms with Gasteiger partial charge in [0.1, 0.15) is 31.0 Å². The smallest absolute Gasteiger partial charge is 0.431 e. The van der Waals surface area contributed by atoms with Gasteiger partial charge in [0.2, 0.25) is 5.78 Å². The fourth-order valence-corrected chi connectivity index (χ4v) is 4.26. The van der Waals surface area contributed by atoms with Crippen molar-refractivity contribution >= 4 is 11.9 Å². The first-order chi connectivity index (χ1) is 14.9. The Bertz CT molecular complexity index is 893. The molecule has 0 N–H and O–H groups in total. The van der Waals surface area contributed by atoms with E-state index in [1.165, 1.54) is 0 Å². The standard InChI is InChI=1S/C23H30O9/c1-12-7-8-13(2)14(9-12)15(24)10-26-21(25)27-11-16-17-18(30-22(3,4)29-17)19-20(28-16)32-23(5,6)31-19/h7-9,16-20H,10-11H2,1-6H3/t16?,17-,18?,19?,20+/m0/s1. The highest BCUT2D eigenvalue weighted by atomic mass is 16.9. The normalized spacial score (nSPS) is 32.1. The first kappa shape index (κ1) is 23.1. The lowest BCUT2D eigenvalue weighted by Gasteiger charge is -2.36. The van der Waals surface area contributed by atoms with E-state index >= 15 is 0 Å². The van der Waals surface area contributed by atoms with Crippen molar-refractivity contribution in [3.8, 4) is 0 Å². The number of benzene rings is 1. The Morgan fingerprint density at radius 2 is 1.56 bits per heavy atom. The lowest BCUT2D eigenvalue weighted by atomic mass is 9.99. The highest BCUT2D eigenvalue weighted by Crippen LogP contribution is 2.44. The summed E-state index contributed by atoms with van der Waals surface area (Å²) in [5.74, 6) is -1.98. The summed E-state index contributed by atoms with van der Waals surface area (Å²) in [6.45, 7) is 10.3. The molecule has 0 aromatic heterocycles. The van der Waals surface area contributed by atoms with Crippen LogP contribution in [0.1, 0.15) is 49.2 Å². The van der Waals surface area contributed by atoms with Gasteiger partial charge in [0.25, 0.3) is 0 Å². The molecule has 1 aromatic carbocycles. The van der Waals surface area contributed by atoms with E-state index in [0.717, 1.165) is 11.1 Å². The molecule has 5 atom stereocenters. The van der Waals surface area contributed by atoms with Gasteiger partial charge in [-0.05, 0) is 53.2 Å². The Balaban J connectivity index is 1.34. The van der Waals surface area contributed by atoms with Crippen LogP contribution in [0.5, 0.6) is 0 Å². The van der Waals surface area contributed by atoms with Crippen molar-refractivity contribution in [2.45, 2.75) is 83.8 Å². The summed E-state index contributed by atoms with van der Waals surface area (Å²) in [6, 6.07) is 5.54. The Labute approximate surface area is 187 Å². The largest absolute Gasteiger partial charge is 0.508 e. The van der Waals surface area contributed by atoms with Gasteiger partial charge in [0, 0.05) is 5.56 Å². The van der Waals surface area contributed by atoms with Crippen molar-refractivity contribution < 1.29 is 42.7 Å². The van der Waals surface area contributed by atoms with Gasteiger partial charge in [-0.15, -0.1) is 0 Å². The van der Waals surface area contributed by atoms with E-state index in [1.807, 2.05) is 26.0 Å². The lowest BCUT2D eigenvalue weighted by Crippen LogP contribution is -2.56. The van der Waals surface area contributed by atoms with Crippen LogP contribution in [0.3, 0.4) is 0 Å². The second-order valence-electron chi connectivity index (χ2n) is 9.30. The van der Waals surface area contributed by atoms with Crippen LogP contribution in [-0.4, -0.2) is 67.4 Å². The molecule has 3 unspecified atom stereocenters. The number of fused-ring (bicyclic) bond motifs is 3. The van der Waals surface area contributed by atoms with Crippen molar-refractivity contribution in [2.75, 3.05) is 13.2 Å². The molecular weight excluding hydrogens is 420 g/mol. The molecule has 3 aliphatic heterocycles. The molecule has 3 heterocycles. The van der Waals surface area contributed by atoms with E-state index in [0.29, 0.717) is 5.56 Å². The zero-order chi connectivity index (χ0) is 23.3. The molecule has 1 aromatic rings. The third-order valence-electron chi connectivity index (χ3n) is 5.63. The quantitative estimate of drug-likeness (QED) is 0.495. The molecule has 0 saturated carbocycles. The van der Waals surface area contributed by atoms with Crippen LogP contribution < -0.4 is 0 Å². The van der Waals surface area contributed by atoms with E-state index in [9.17, 15) is 9.59 Å². The Morgan fingerprint density at radius 3 is 2.31 bits per heavy atom. The number of carbonyl (C=O) groups excluding carboxylic acids is 2. The first-order valence-corrected chi connectivity index (χ1v) is 10.7. The summed E-state index contributed by atoms with van der Waals surface area (Å²) >= 11 is 0. The number of Topliss-reactive ketones (excluding diaryl/α,β-unsaturated/α-hetero) is 1. The molecule has 9 nitrogen and oxygen atoms in total. The highest BCUT2D eigenvalue weighted by Gasteiger charge is 2.60. The first-order valence-electron chi connectivity index (χ1n) is 10.7. The lowest BCUT2D eigenvalue weighted by molar-refractivity contribution is -0.240. The minimum atomic E-state index is -0.965. The highest BCUT2D eigenvalue weighted by molar-refractivity contribution is 5.99. The number of ketones is 1. The van der Waals surface area contributed by atoms with Gasteiger partial charge in [0.15, 0.2) is 24.5 Å². The summed E-state index contributed by atoms with van der Waals surface area (Å²) in [7, 11) is 0. The maximum atomic E-state index is 12.4. The van der Waals surface area contributed by atoms with Gasteiger partial charge in [-0.3, -0.25) is 4.79 Å². The number of hydrogen-bond donors (Lipinski definition) is 0. The second kappa shape index (κ2) is 8.39. The van der Waals surface area contributed by atoms with Crippen LogP contribution in [0.4, 0.5) is 4.79 Å². The number of aryl methyl sites for hydroxylation is 2. The zero-order valence-corrected chi connectivity index (χ0v) is 19.2. The van der Waals surface area contributed by atoms with E-state index in [1.54, 1.807) is 33.8 Å². The molecule has 0 aliphatic carbocycles. The van der Waals surface area contributed by atoms with Crippen molar-refractivity contribution in [3.05, 3.63) is 34.9 Å². The van der Waals surface area contributed by atoms with Crippen LogP contribution in [0.25, 0.3) is 0 Å². The van der Waals surface area contributed by atoms with Gasteiger partial charge in [-0.1, -0.05) is 17.7 Å². The van der Waals surface area contributed by atoms with Gasteiger partial charge in [-0.2, -0.15) is 0 Å². The van der Waals surface area contributed by atoms with Crippen LogP contribution in [0.2, 0.25) is 0 Å². The molecule has 0 radical (unpaired) electrons. The number of rotatable bonds is 5. The number of ether oxygens (including phenoxy) is 7. The summed E-state index contributed by atoms with van der Waals surface area (Å²) in [5, 5.41) is 0. The van der Waals surface area contributed by atoms with E-state index < -0.39 is 55.0 Å². The number of hydrogen-bond acceptors (Lipinski definition) is 9. The van der Waals surface area contributed by atoms with Crippen LogP contribution in [-0.2, 0) is 33.2 Å². The molecule has 0 amide bonds. The van der Waals surface area contributed by atoms with Crippen molar-refractivity contribution in [3.63, 3.8) is 0 Å². The predicted molar refractivity (Wildman–Crippen MR) is 110 cm³/mol. The molecule has 3 aliphatic rings. The maximum absolute atomic E-state index is 12.4. The Morgan fingerprint density at radius 1 is 0.906 bits per heavy atom. The second-order valence-corrected chi connectivity index (χ2v) is 9.30. The van der Waals surface area contributed by atoms with Gasteiger partial charge >= 0.3 is 6.16 Å². The van der Waals surface area contributed by atoms with E-state index in [4.69, 9.17) is 33.2 Å². The number of carbonyl (C=O) groups is 2. The summed E-state index contributed by atoms with van der Waals surface area (Å²) in [5.41, 5.74) is 2.28. The SMILES string of the molecule is Cc1ccc(C)c(C(=O)COC(=O)OCC2O[C@@H]3OC(C)(C)OC3C3OC(C)(C)O[C@@H]23)c1.